The summed E-state index contributed by atoms with van der Waals surface area (Å²) in [7, 11) is 0. The molecule has 1 rings (SSSR count). The van der Waals surface area contributed by atoms with E-state index in [4.69, 9.17) is 4.74 Å². The van der Waals surface area contributed by atoms with Crippen LogP contribution in [-0.4, -0.2) is 5.97 Å². The van der Waals surface area contributed by atoms with Gasteiger partial charge in [0.15, 0.2) is 0 Å². The Kier molecular flexibility index (Phi) is 6.38. The summed E-state index contributed by atoms with van der Waals surface area (Å²) in [6.07, 6.45) is 3.83. The largest absolute Gasteiger partial charge is 0.461 e. The van der Waals surface area contributed by atoms with Crippen LogP contribution >= 0.6 is 0 Å². The first-order chi connectivity index (χ1) is 8.22. The smallest absolute Gasteiger partial charge is 0.306 e. The van der Waals surface area contributed by atoms with E-state index < -0.39 is 0 Å². The minimum Gasteiger partial charge on any atom is -0.461 e. The van der Waals surface area contributed by atoms with Crippen LogP contribution in [0.2, 0.25) is 0 Å². The number of carbonyl (C=O) groups is 1. The fourth-order valence-electron chi connectivity index (χ4n) is 1.81. The highest BCUT2D eigenvalue weighted by molar-refractivity contribution is 5.69. The molecule has 1 atom stereocenters. The molecule has 0 aromatic heterocycles. The van der Waals surface area contributed by atoms with Crippen LogP contribution in [0.15, 0.2) is 30.3 Å². The molecule has 0 saturated carbocycles. The molecule has 0 aliphatic carbocycles. The molecule has 17 heavy (non-hydrogen) atoms. The van der Waals surface area contributed by atoms with Gasteiger partial charge in [-0.3, -0.25) is 4.79 Å². The number of hydrogen-bond acceptors (Lipinski definition) is 2. The fourth-order valence-corrected chi connectivity index (χ4v) is 1.81. The zero-order valence-corrected chi connectivity index (χ0v) is 10.8. The summed E-state index contributed by atoms with van der Waals surface area (Å²) in [4.78, 5) is 11.5. The zero-order valence-electron chi connectivity index (χ0n) is 10.8. The second-order valence-electron chi connectivity index (χ2n) is 4.58. The van der Waals surface area contributed by atoms with E-state index >= 15 is 0 Å². The molecule has 0 radical (unpaired) electrons. The van der Waals surface area contributed by atoms with Crippen molar-refractivity contribution in [3.05, 3.63) is 35.9 Å². The van der Waals surface area contributed by atoms with Crippen molar-refractivity contribution in [2.24, 2.45) is 5.92 Å². The van der Waals surface area contributed by atoms with Crippen molar-refractivity contribution in [1.82, 2.24) is 0 Å². The predicted molar refractivity (Wildman–Crippen MR) is 69.5 cm³/mol. The van der Waals surface area contributed by atoms with E-state index in [-0.39, 0.29) is 5.97 Å². The fraction of sp³-hybridized carbons (Fsp3) is 0.533. The average molecular weight is 234 g/mol. The van der Waals surface area contributed by atoms with Crippen molar-refractivity contribution in [2.75, 3.05) is 0 Å². The highest BCUT2D eigenvalue weighted by Gasteiger charge is 2.07. The number of carbonyl (C=O) groups excluding carboxylic acids is 1. The molecule has 0 heterocycles. The van der Waals surface area contributed by atoms with E-state index in [1.54, 1.807) is 0 Å². The Labute approximate surface area is 104 Å². The van der Waals surface area contributed by atoms with E-state index in [1.807, 2.05) is 30.3 Å². The molecule has 0 bridgehead atoms. The van der Waals surface area contributed by atoms with Gasteiger partial charge in [-0.15, -0.1) is 0 Å². The summed E-state index contributed by atoms with van der Waals surface area (Å²) in [6, 6.07) is 9.79. The summed E-state index contributed by atoms with van der Waals surface area (Å²) in [5.74, 6) is 0.529. The molecule has 2 nitrogen and oxygen atoms in total. The molecule has 1 unspecified atom stereocenters. The van der Waals surface area contributed by atoms with Gasteiger partial charge in [0.2, 0.25) is 0 Å². The Morgan fingerprint density at radius 1 is 1.24 bits per heavy atom. The van der Waals surface area contributed by atoms with Crippen molar-refractivity contribution in [3.63, 3.8) is 0 Å². The minimum absolute atomic E-state index is 0.0863. The van der Waals surface area contributed by atoms with Gasteiger partial charge in [0.25, 0.3) is 0 Å². The number of esters is 1. The maximum Gasteiger partial charge on any atom is 0.306 e. The molecule has 1 aromatic rings. The lowest BCUT2D eigenvalue weighted by atomic mass is 10.0. The summed E-state index contributed by atoms with van der Waals surface area (Å²) < 4.78 is 5.22. The summed E-state index contributed by atoms with van der Waals surface area (Å²) >= 11 is 0. The molecule has 0 fully saturated rings. The molecule has 0 saturated heterocycles. The molecular weight excluding hydrogens is 212 g/mol. The number of hydrogen-bond donors (Lipinski definition) is 0. The van der Waals surface area contributed by atoms with Crippen molar-refractivity contribution >= 4 is 5.97 Å². The van der Waals surface area contributed by atoms with Crippen molar-refractivity contribution in [3.8, 4) is 0 Å². The van der Waals surface area contributed by atoms with Gasteiger partial charge in [0.05, 0.1) is 0 Å². The van der Waals surface area contributed by atoms with Crippen LogP contribution < -0.4 is 0 Å². The monoisotopic (exact) mass is 234 g/mol. The first-order valence-corrected chi connectivity index (χ1v) is 6.42. The van der Waals surface area contributed by atoms with E-state index in [0.717, 1.165) is 12.0 Å². The Hall–Kier alpha value is -1.31. The molecule has 0 aliphatic heterocycles. The summed E-state index contributed by atoms with van der Waals surface area (Å²) in [5, 5.41) is 0. The minimum atomic E-state index is -0.0863. The van der Waals surface area contributed by atoms with Gasteiger partial charge < -0.3 is 4.74 Å². The van der Waals surface area contributed by atoms with Crippen LogP contribution in [0, 0.1) is 5.92 Å². The Morgan fingerprint density at radius 3 is 2.59 bits per heavy atom. The summed E-state index contributed by atoms with van der Waals surface area (Å²) in [6.45, 7) is 4.75. The van der Waals surface area contributed by atoms with Crippen LogP contribution in [-0.2, 0) is 16.1 Å². The van der Waals surface area contributed by atoms with E-state index in [9.17, 15) is 4.79 Å². The highest BCUT2D eigenvalue weighted by Crippen LogP contribution is 2.13. The van der Waals surface area contributed by atoms with Crippen molar-refractivity contribution in [2.45, 2.75) is 46.1 Å². The normalized spacial score (nSPS) is 12.1. The van der Waals surface area contributed by atoms with E-state index in [0.29, 0.717) is 18.9 Å². The van der Waals surface area contributed by atoms with E-state index in [2.05, 4.69) is 13.8 Å². The average Bonchev–Trinajstić information content (AvgIpc) is 2.35. The second kappa shape index (κ2) is 7.88. The van der Waals surface area contributed by atoms with Crippen molar-refractivity contribution in [1.29, 1.82) is 0 Å². The third kappa shape index (κ3) is 6.10. The molecule has 0 spiro atoms. The lowest BCUT2D eigenvalue weighted by molar-refractivity contribution is -0.145. The predicted octanol–water partition coefficient (Wildman–Crippen LogP) is 3.95. The van der Waals surface area contributed by atoms with Gasteiger partial charge in [0, 0.05) is 6.42 Å². The van der Waals surface area contributed by atoms with Crippen LogP contribution in [0.1, 0.15) is 45.1 Å². The molecule has 1 aromatic carbocycles. The zero-order chi connectivity index (χ0) is 12.5. The SMILES string of the molecule is CCCC(C)CCC(=O)OCc1ccccc1. The Bertz CT molecular complexity index is 319. The van der Waals surface area contributed by atoms with Crippen molar-refractivity contribution < 1.29 is 9.53 Å². The molecular formula is C15H22O2. The van der Waals surface area contributed by atoms with Gasteiger partial charge in [-0.05, 0) is 17.9 Å². The summed E-state index contributed by atoms with van der Waals surface area (Å²) in [5.41, 5.74) is 1.04. The molecule has 2 heteroatoms. The Morgan fingerprint density at radius 2 is 1.94 bits per heavy atom. The number of ether oxygens (including phenoxy) is 1. The third-order valence-electron chi connectivity index (χ3n) is 2.87. The van der Waals surface area contributed by atoms with Gasteiger partial charge in [0.1, 0.15) is 6.61 Å². The molecule has 0 aliphatic rings. The first kappa shape index (κ1) is 13.8. The van der Waals surface area contributed by atoms with Crippen LogP contribution in [0.4, 0.5) is 0 Å². The lowest BCUT2D eigenvalue weighted by Crippen LogP contribution is -2.06. The first-order valence-electron chi connectivity index (χ1n) is 6.42. The quantitative estimate of drug-likeness (QED) is 0.668. The topological polar surface area (TPSA) is 26.3 Å². The molecule has 0 N–H and O–H groups in total. The maximum atomic E-state index is 11.5. The molecule has 0 amide bonds. The highest BCUT2D eigenvalue weighted by atomic mass is 16.5. The van der Waals surface area contributed by atoms with E-state index in [1.165, 1.54) is 12.8 Å². The van der Waals surface area contributed by atoms with Crippen LogP contribution in [0.25, 0.3) is 0 Å². The standard InChI is InChI=1S/C15H22O2/c1-3-7-13(2)10-11-15(16)17-12-14-8-5-4-6-9-14/h4-6,8-9,13H,3,7,10-12H2,1-2H3. The van der Waals surface area contributed by atoms with Gasteiger partial charge in [-0.1, -0.05) is 57.0 Å². The number of benzene rings is 1. The molecule has 94 valence electrons. The van der Waals surface area contributed by atoms with Gasteiger partial charge in [-0.25, -0.2) is 0 Å². The third-order valence-corrected chi connectivity index (χ3v) is 2.87. The van der Waals surface area contributed by atoms with Gasteiger partial charge in [-0.2, -0.15) is 0 Å². The maximum absolute atomic E-state index is 11.5. The number of rotatable bonds is 7. The Balaban J connectivity index is 2.17. The van der Waals surface area contributed by atoms with Gasteiger partial charge >= 0.3 is 5.97 Å². The second-order valence-corrected chi connectivity index (χ2v) is 4.58. The van der Waals surface area contributed by atoms with Crippen LogP contribution in [0.3, 0.4) is 0 Å². The van der Waals surface area contributed by atoms with Crippen LogP contribution in [0.5, 0.6) is 0 Å². The lowest BCUT2D eigenvalue weighted by Gasteiger charge is -2.09.